The van der Waals surface area contributed by atoms with Crippen LogP contribution < -0.4 is 0 Å². The first-order valence-electron chi connectivity index (χ1n) is 7.56. The van der Waals surface area contributed by atoms with Crippen LogP contribution in [0.5, 0.6) is 0 Å². The summed E-state index contributed by atoms with van der Waals surface area (Å²) in [4.78, 5) is 16.8. The minimum Gasteiger partial charge on any atom is -0.379 e. The Hall–Kier alpha value is -0.610. The summed E-state index contributed by atoms with van der Waals surface area (Å²) in [6.45, 7) is 13.0. The Kier molecular flexibility index (Phi) is 4.85. The number of rotatable bonds is 2. The molecule has 0 saturated carbocycles. The van der Waals surface area contributed by atoms with E-state index in [1.807, 2.05) is 20.8 Å². The van der Waals surface area contributed by atoms with Crippen molar-refractivity contribution < 1.29 is 9.53 Å². The van der Waals surface area contributed by atoms with E-state index in [4.69, 9.17) is 4.74 Å². The zero-order valence-corrected chi connectivity index (χ0v) is 12.7. The molecule has 0 radical (unpaired) electrons. The summed E-state index contributed by atoms with van der Waals surface area (Å²) in [7, 11) is 0. The highest BCUT2D eigenvalue weighted by Crippen LogP contribution is 2.24. The van der Waals surface area contributed by atoms with Crippen LogP contribution in [-0.2, 0) is 9.53 Å². The van der Waals surface area contributed by atoms with Gasteiger partial charge in [-0.1, -0.05) is 20.8 Å². The lowest BCUT2D eigenvalue weighted by molar-refractivity contribution is -0.141. The van der Waals surface area contributed by atoms with E-state index < -0.39 is 0 Å². The minimum absolute atomic E-state index is 0.239. The Morgan fingerprint density at radius 3 is 2.21 bits per heavy atom. The van der Waals surface area contributed by atoms with E-state index in [0.29, 0.717) is 5.91 Å². The fourth-order valence-electron chi connectivity index (χ4n) is 2.94. The van der Waals surface area contributed by atoms with Crippen LogP contribution in [0.1, 0.15) is 33.6 Å². The fraction of sp³-hybridized carbons (Fsp3) is 0.933. The van der Waals surface area contributed by atoms with E-state index >= 15 is 0 Å². The van der Waals surface area contributed by atoms with E-state index in [1.165, 1.54) is 6.54 Å². The topological polar surface area (TPSA) is 32.8 Å². The second-order valence-corrected chi connectivity index (χ2v) is 6.90. The highest BCUT2D eigenvalue weighted by Gasteiger charge is 2.30. The van der Waals surface area contributed by atoms with Crippen molar-refractivity contribution in [1.29, 1.82) is 0 Å². The van der Waals surface area contributed by atoms with Crippen LogP contribution in [0.2, 0.25) is 0 Å². The lowest BCUT2D eigenvalue weighted by Crippen LogP contribution is -2.46. The third kappa shape index (κ3) is 4.18. The van der Waals surface area contributed by atoms with Gasteiger partial charge in [-0.15, -0.1) is 0 Å². The summed E-state index contributed by atoms with van der Waals surface area (Å²) in [5.41, 5.74) is -0.239. The Morgan fingerprint density at radius 1 is 1.11 bits per heavy atom. The van der Waals surface area contributed by atoms with Crippen molar-refractivity contribution in [3.05, 3.63) is 0 Å². The number of hydrogen-bond acceptors (Lipinski definition) is 3. The number of nitrogens with zero attached hydrogens (tertiary/aromatic N) is 2. The predicted molar refractivity (Wildman–Crippen MR) is 76.0 cm³/mol. The zero-order chi connectivity index (χ0) is 13.9. The fourth-order valence-corrected chi connectivity index (χ4v) is 2.94. The third-order valence-electron chi connectivity index (χ3n) is 4.16. The summed E-state index contributed by atoms with van der Waals surface area (Å²) in [6.07, 6.45) is 2.30. The number of hydrogen-bond donors (Lipinski definition) is 0. The summed E-state index contributed by atoms with van der Waals surface area (Å²) >= 11 is 0. The number of likely N-dealkylation sites (tertiary alicyclic amines) is 1. The molecule has 4 heteroatoms. The quantitative estimate of drug-likeness (QED) is 0.762. The van der Waals surface area contributed by atoms with Crippen LogP contribution in [0.25, 0.3) is 0 Å². The molecule has 110 valence electrons. The highest BCUT2D eigenvalue weighted by atomic mass is 16.5. The molecule has 0 aromatic carbocycles. The largest absolute Gasteiger partial charge is 0.379 e. The molecule has 0 spiro atoms. The lowest BCUT2D eigenvalue weighted by atomic mass is 9.91. The molecule has 1 amide bonds. The molecule has 4 nitrogen and oxygen atoms in total. The molecule has 2 aliphatic rings. The second-order valence-electron chi connectivity index (χ2n) is 6.90. The Morgan fingerprint density at radius 2 is 1.68 bits per heavy atom. The van der Waals surface area contributed by atoms with Gasteiger partial charge >= 0.3 is 0 Å². The first-order chi connectivity index (χ1) is 8.97. The maximum atomic E-state index is 12.2. The summed E-state index contributed by atoms with van der Waals surface area (Å²) in [6, 6.07) is 0. The Balaban J connectivity index is 1.74. The first-order valence-corrected chi connectivity index (χ1v) is 7.56. The molecule has 0 aromatic rings. The van der Waals surface area contributed by atoms with Gasteiger partial charge in [-0.2, -0.15) is 0 Å². The Labute approximate surface area is 117 Å². The van der Waals surface area contributed by atoms with Gasteiger partial charge in [-0.25, -0.2) is 0 Å². The van der Waals surface area contributed by atoms with Gasteiger partial charge in [0.05, 0.1) is 13.2 Å². The summed E-state index contributed by atoms with van der Waals surface area (Å²) < 4.78 is 5.38. The molecule has 2 fully saturated rings. The van der Waals surface area contributed by atoms with E-state index in [9.17, 15) is 4.79 Å². The number of piperidine rings is 1. The van der Waals surface area contributed by atoms with Crippen LogP contribution in [0, 0.1) is 11.3 Å². The Bertz CT molecular complexity index is 298. The van der Waals surface area contributed by atoms with Crippen molar-refractivity contribution in [2.24, 2.45) is 11.3 Å². The molecule has 2 saturated heterocycles. The van der Waals surface area contributed by atoms with Crippen molar-refractivity contribution in [1.82, 2.24) is 9.80 Å². The highest BCUT2D eigenvalue weighted by molar-refractivity contribution is 5.81. The van der Waals surface area contributed by atoms with E-state index in [0.717, 1.165) is 58.2 Å². The van der Waals surface area contributed by atoms with Crippen LogP contribution in [0.15, 0.2) is 0 Å². The molecule has 0 atom stereocenters. The van der Waals surface area contributed by atoms with Crippen molar-refractivity contribution in [2.45, 2.75) is 33.6 Å². The van der Waals surface area contributed by atoms with Crippen molar-refractivity contribution in [2.75, 3.05) is 45.9 Å². The van der Waals surface area contributed by atoms with Crippen LogP contribution in [-0.4, -0.2) is 61.6 Å². The number of carbonyl (C=O) groups is 1. The van der Waals surface area contributed by atoms with E-state index in [-0.39, 0.29) is 5.41 Å². The average molecular weight is 268 g/mol. The van der Waals surface area contributed by atoms with E-state index in [2.05, 4.69) is 9.80 Å². The molecule has 0 aliphatic carbocycles. The monoisotopic (exact) mass is 268 g/mol. The van der Waals surface area contributed by atoms with Crippen molar-refractivity contribution in [3.8, 4) is 0 Å². The second kappa shape index (κ2) is 6.23. The molecule has 2 aliphatic heterocycles. The normalized spacial score (nSPS) is 23.6. The predicted octanol–water partition coefficient (Wildman–Crippen LogP) is 1.60. The van der Waals surface area contributed by atoms with Crippen LogP contribution in [0.4, 0.5) is 0 Å². The SMILES string of the molecule is CC(C)(C)C(=O)N1CCC(CN2CCOCC2)CC1. The summed E-state index contributed by atoms with van der Waals surface area (Å²) in [5, 5.41) is 0. The van der Waals surface area contributed by atoms with Gasteiger partial charge in [0, 0.05) is 38.1 Å². The molecule has 0 N–H and O–H groups in total. The first kappa shape index (κ1) is 14.8. The molecule has 19 heavy (non-hydrogen) atoms. The zero-order valence-electron chi connectivity index (χ0n) is 12.7. The van der Waals surface area contributed by atoms with Gasteiger partial charge in [-0.3, -0.25) is 9.69 Å². The molecule has 2 heterocycles. The van der Waals surface area contributed by atoms with E-state index in [1.54, 1.807) is 0 Å². The molecule has 0 bridgehead atoms. The van der Waals surface area contributed by atoms with Gasteiger partial charge < -0.3 is 9.64 Å². The van der Waals surface area contributed by atoms with Gasteiger partial charge in [0.25, 0.3) is 0 Å². The third-order valence-corrected chi connectivity index (χ3v) is 4.16. The van der Waals surface area contributed by atoms with Gasteiger partial charge in [0.2, 0.25) is 5.91 Å². The average Bonchev–Trinajstić information content (AvgIpc) is 2.39. The smallest absolute Gasteiger partial charge is 0.227 e. The van der Waals surface area contributed by atoms with Gasteiger partial charge in [0.15, 0.2) is 0 Å². The molecule has 2 rings (SSSR count). The molecular formula is C15H28N2O2. The number of amides is 1. The van der Waals surface area contributed by atoms with Crippen LogP contribution >= 0.6 is 0 Å². The molecule has 0 unspecified atom stereocenters. The summed E-state index contributed by atoms with van der Waals surface area (Å²) in [5.74, 6) is 1.06. The molecular weight excluding hydrogens is 240 g/mol. The maximum Gasteiger partial charge on any atom is 0.227 e. The van der Waals surface area contributed by atoms with Crippen molar-refractivity contribution >= 4 is 5.91 Å². The van der Waals surface area contributed by atoms with Gasteiger partial charge in [0.1, 0.15) is 0 Å². The molecule has 0 aromatic heterocycles. The van der Waals surface area contributed by atoms with Crippen molar-refractivity contribution in [3.63, 3.8) is 0 Å². The number of morpholine rings is 1. The van der Waals surface area contributed by atoms with Crippen LogP contribution in [0.3, 0.4) is 0 Å². The maximum absolute atomic E-state index is 12.2. The van der Waals surface area contributed by atoms with Gasteiger partial charge in [-0.05, 0) is 18.8 Å². The standard InChI is InChI=1S/C15H28N2O2/c1-15(2,3)14(18)17-6-4-13(5-7-17)12-16-8-10-19-11-9-16/h13H,4-12H2,1-3H3. The number of carbonyl (C=O) groups excluding carboxylic acids is 1. The lowest BCUT2D eigenvalue weighted by Gasteiger charge is -2.38. The number of ether oxygens (including phenoxy) is 1. The minimum atomic E-state index is -0.239.